The van der Waals surface area contributed by atoms with Gasteiger partial charge in [-0.25, -0.2) is 9.69 Å². The van der Waals surface area contributed by atoms with Gasteiger partial charge in [-0.3, -0.25) is 14.4 Å². The molecule has 0 bridgehead atoms. The molecule has 3 amide bonds. The molecule has 0 radical (unpaired) electrons. The number of carboxylic acid groups (broad SMARTS) is 1. The average molecular weight is 544 g/mol. The number of carbonyl (C=O) groups excluding carboxylic acids is 3. The van der Waals surface area contributed by atoms with E-state index in [2.05, 4.69) is 4.90 Å². The molecule has 0 spiro atoms. The predicted octanol–water partition coefficient (Wildman–Crippen LogP) is 3.48. The van der Waals surface area contributed by atoms with Crippen molar-refractivity contribution in [2.75, 3.05) is 50.2 Å². The maximum atomic E-state index is 13.3. The zero-order valence-corrected chi connectivity index (χ0v) is 22.3. The van der Waals surface area contributed by atoms with E-state index in [1.165, 1.54) is 31.4 Å². The Labute approximate surface area is 231 Å². The van der Waals surface area contributed by atoms with Gasteiger partial charge in [0.05, 0.1) is 25.5 Å². The molecule has 0 aliphatic carbocycles. The van der Waals surface area contributed by atoms with Gasteiger partial charge >= 0.3 is 5.97 Å². The topological polar surface area (TPSA) is 117 Å². The number of imide groups is 1. The van der Waals surface area contributed by atoms with E-state index in [0.29, 0.717) is 55.3 Å². The van der Waals surface area contributed by atoms with Crippen LogP contribution in [0.5, 0.6) is 11.5 Å². The second-order valence-corrected chi connectivity index (χ2v) is 9.58. The van der Waals surface area contributed by atoms with Crippen LogP contribution in [-0.4, -0.2) is 74.1 Å². The largest absolute Gasteiger partial charge is 0.493 e. The number of aryl methyl sites for hydroxylation is 1. The van der Waals surface area contributed by atoms with Crippen LogP contribution in [0.2, 0.25) is 0 Å². The number of hydrogen-bond donors (Lipinski definition) is 1. The number of amides is 3. The number of fused-ring (bicyclic) bond motifs is 1. The summed E-state index contributed by atoms with van der Waals surface area (Å²) < 4.78 is 10.6. The lowest BCUT2D eigenvalue weighted by Crippen LogP contribution is -2.49. The van der Waals surface area contributed by atoms with Crippen LogP contribution in [0.15, 0.2) is 60.7 Å². The number of ether oxygens (including phenoxy) is 2. The van der Waals surface area contributed by atoms with Crippen LogP contribution in [0.4, 0.5) is 11.4 Å². The molecular formula is C30H29N3O7. The molecule has 1 N–H and O–H groups in total. The molecule has 2 aliphatic heterocycles. The number of rotatable bonds is 6. The van der Waals surface area contributed by atoms with Gasteiger partial charge in [-0.1, -0.05) is 6.07 Å². The summed E-state index contributed by atoms with van der Waals surface area (Å²) in [6, 6.07) is 16.4. The van der Waals surface area contributed by atoms with E-state index in [0.717, 1.165) is 16.2 Å². The normalized spacial score (nSPS) is 14.9. The molecule has 3 aromatic rings. The highest BCUT2D eigenvalue weighted by Crippen LogP contribution is 2.33. The summed E-state index contributed by atoms with van der Waals surface area (Å²) >= 11 is 0. The Bertz CT molecular complexity index is 1490. The van der Waals surface area contributed by atoms with Crippen LogP contribution in [0.25, 0.3) is 0 Å². The van der Waals surface area contributed by atoms with Crippen molar-refractivity contribution in [1.82, 2.24) is 4.90 Å². The highest BCUT2D eigenvalue weighted by atomic mass is 16.5. The zero-order valence-electron chi connectivity index (χ0n) is 22.3. The molecule has 2 aliphatic rings. The molecule has 1 fully saturated rings. The van der Waals surface area contributed by atoms with Gasteiger partial charge in [0.1, 0.15) is 0 Å². The summed E-state index contributed by atoms with van der Waals surface area (Å²) in [5.74, 6) is -1.04. The van der Waals surface area contributed by atoms with Crippen molar-refractivity contribution < 1.29 is 33.8 Å². The van der Waals surface area contributed by atoms with E-state index < -0.39 is 11.9 Å². The third-order valence-electron chi connectivity index (χ3n) is 7.28. The fourth-order valence-corrected chi connectivity index (χ4v) is 5.13. The maximum Gasteiger partial charge on any atom is 0.335 e. The monoisotopic (exact) mass is 543 g/mol. The van der Waals surface area contributed by atoms with Crippen LogP contribution < -0.4 is 19.3 Å². The minimum Gasteiger partial charge on any atom is -0.493 e. The molecule has 10 nitrogen and oxygen atoms in total. The van der Waals surface area contributed by atoms with Crippen molar-refractivity contribution in [2.45, 2.75) is 12.8 Å². The summed E-state index contributed by atoms with van der Waals surface area (Å²) in [7, 11) is 3.08. The number of piperazine rings is 1. The lowest BCUT2D eigenvalue weighted by Gasteiger charge is -2.37. The van der Waals surface area contributed by atoms with E-state index in [-0.39, 0.29) is 29.4 Å². The number of carbonyl (C=O) groups is 4. The Kier molecular flexibility index (Phi) is 7.41. The average Bonchev–Trinajstić information content (AvgIpc) is 2.99. The molecule has 5 rings (SSSR count). The summed E-state index contributed by atoms with van der Waals surface area (Å²) in [5.41, 5.74) is 2.97. The van der Waals surface area contributed by atoms with Gasteiger partial charge in [0.25, 0.3) is 11.8 Å². The van der Waals surface area contributed by atoms with Gasteiger partial charge in [-0.15, -0.1) is 0 Å². The number of benzene rings is 3. The van der Waals surface area contributed by atoms with Crippen molar-refractivity contribution in [2.24, 2.45) is 0 Å². The van der Waals surface area contributed by atoms with Crippen LogP contribution in [0, 0.1) is 0 Å². The summed E-state index contributed by atoms with van der Waals surface area (Å²) in [4.78, 5) is 55.7. The summed E-state index contributed by atoms with van der Waals surface area (Å²) in [6.45, 7) is 2.32. The molecule has 0 atom stereocenters. The summed E-state index contributed by atoms with van der Waals surface area (Å²) in [6.07, 6.45) is 0.674. The lowest BCUT2D eigenvalue weighted by atomic mass is 9.98. The highest BCUT2D eigenvalue weighted by Gasteiger charge is 2.31. The second-order valence-electron chi connectivity index (χ2n) is 9.58. The molecule has 2 heterocycles. The standard InChI is InChI=1S/C30H29N3O7/c1-39-25-10-6-21(18-26(25)40-2)28(35)32-14-12-31(13-15-32)23-8-9-24-19(17-23)7-11-27(34)33(24)29(36)20-4-3-5-22(16-20)30(37)38/h3-6,8-10,16-18H,7,11-15H2,1-2H3,(H,37,38). The lowest BCUT2D eigenvalue weighted by molar-refractivity contribution is -0.118. The van der Waals surface area contributed by atoms with Crippen molar-refractivity contribution in [1.29, 1.82) is 0 Å². The molecule has 3 aromatic carbocycles. The minimum absolute atomic E-state index is 0.0189. The number of aromatic carboxylic acids is 1. The number of nitrogens with zero attached hydrogens (tertiary/aromatic N) is 3. The van der Waals surface area contributed by atoms with Crippen molar-refractivity contribution in [3.63, 3.8) is 0 Å². The summed E-state index contributed by atoms with van der Waals surface area (Å²) in [5, 5.41) is 9.28. The van der Waals surface area contributed by atoms with E-state index in [1.54, 1.807) is 36.3 Å². The smallest absolute Gasteiger partial charge is 0.335 e. The first-order valence-corrected chi connectivity index (χ1v) is 12.9. The Morgan fingerprint density at radius 3 is 2.15 bits per heavy atom. The van der Waals surface area contributed by atoms with Gasteiger partial charge in [0.15, 0.2) is 11.5 Å². The van der Waals surface area contributed by atoms with Crippen molar-refractivity contribution in [3.8, 4) is 11.5 Å². The SMILES string of the molecule is COc1ccc(C(=O)N2CCN(c3ccc4c(c3)CCC(=O)N4C(=O)c3cccc(C(=O)O)c3)CC2)cc1OC. The van der Waals surface area contributed by atoms with E-state index >= 15 is 0 Å². The number of anilines is 2. The second kappa shape index (κ2) is 11.1. The van der Waals surface area contributed by atoms with Crippen LogP contribution >= 0.6 is 0 Å². The fraction of sp³-hybridized carbons (Fsp3) is 0.267. The Morgan fingerprint density at radius 1 is 0.750 bits per heavy atom. The van der Waals surface area contributed by atoms with E-state index in [4.69, 9.17) is 9.47 Å². The first-order valence-electron chi connectivity index (χ1n) is 12.9. The Balaban J connectivity index is 1.30. The van der Waals surface area contributed by atoms with Crippen molar-refractivity contribution in [3.05, 3.63) is 82.9 Å². The van der Waals surface area contributed by atoms with Gasteiger partial charge in [-0.2, -0.15) is 0 Å². The van der Waals surface area contributed by atoms with E-state index in [9.17, 15) is 24.3 Å². The fourth-order valence-electron chi connectivity index (χ4n) is 5.13. The quantitative estimate of drug-likeness (QED) is 0.470. The van der Waals surface area contributed by atoms with E-state index in [1.807, 2.05) is 12.1 Å². The van der Waals surface area contributed by atoms with Gasteiger partial charge in [0, 0.05) is 49.4 Å². The van der Waals surface area contributed by atoms with Gasteiger partial charge in [0.2, 0.25) is 5.91 Å². The molecule has 0 unspecified atom stereocenters. The predicted molar refractivity (Wildman–Crippen MR) is 148 cm³/mol. The molecular weight excluding hydrogens is 514 g/mol. The molecule has 10 heteroatoms. The highest BCUT2D eigenvalue weighted by molar-refractivity contribution is 6.22. The zero-order chi connectivity index (χ0) is 28.4. The van der Waals surface area contributed by atoms with Crippen molar-refractivity contribution >= 4 is 35.1 Å². The van der Waals surface area contributed by atoms with Crippen LogP contribution in [0.1, 0.15) is 43.1 Å². The number of methoxy groups -OCH3 is 2. The third kappa shape index (κ3) is 5.07. The third-order valence-corrected chi connectivity index (χ3v) is 7.28. The van der Waals surface area contributed by atoms with Gasteiger partial charge in [-0.05, 0) is 66.6 Å². The van der Waals surface area contributed by atoms with Gasteiger partial charge < -0.3 is 24.4 Å². The molecule has 0 aromatic heterocycles. The van der Waals surface area contributed by atoms with Crippen LogP contribution in [0.3, 0.4) is 0 Å². The molecule has 206 valence electrons. The number of carboxylic acids is 1. The molecule has 0 saturated carbocycles. The first-order chi connectivity index (χ1) is 19.3. The molecule has 40 heavy (non-hydrogen) atoms. The Morgan fingerprint density at radius 2 is 1.45 bits per heavy atom. The minimum atomic E-state index is -1.14. The Hall–Kier alpha value is -4.86. The number of hydrogen-bond acceptors (Lipinski definition) is 7. The van der Waals surface area contributed by atoms with Crippen LogP contribution in [-0.2, 0) is 11.2 Å². The first kappa shape index (κ1) is 26.7. The molecule has 1 saturated heterocycles. The maximum absolute atomic E-state index is 13.3.